The molecule has 2 aromatic carbocycles. The summed E-state index contributed by atoms with van der Waals surface area (Å²) >= 11 is 0. The number of benzene rings is 2. The molecule has 1 aliphatic carbocycles. The molecule has 0 spiro atoms. The number of carbonyl (C=O) groups excluding carboxylic acids is 1. The Morgan fingerprint density at radius 3 is 2.66 bits per heavy atom. The molecule has 2 heterocycles. The van der Waals surface area contributed by atoms with E-state index in [1.54, 1.807) is 35.0 Å². The molecule has 2 atom stereocenters. The lowest BCUT2D eigenvalue weighted by atomic mass is 10.00. The van der Waals surface area contributed by atoms with Crippen LogP contribution >= 0.6 is 0 Å². The highest BCUT2D eigenvalue weighted by atomic mass is 16.3. The van der Waals surface area contributed by atoms with Gasteiger partial charge < -0.3 is 5.11 Å². The number of aromatic hydroxyl groups is 1. The third kappa shape index (κ3) is 4.10. The van der Waals surface area contributed by atoms with Gasteiger partial charge in [-0.2, -0.15) is 4.57 Å². The van der Waals surface area contributed by atoms with Crippen molar-refractivity contribution in [1.82, 2.24) is 4.98 Å². The molecule has 2 N–H and O–H groups in total. The first-order valence-corrected chi connectivity index (χ1v) is 10.8. The van der Waals surface area contributed by atoms with Gasteiger partial charge in [0, 0.05) is 12.0 Å². The molecule has 0 fully saturated rings. The van der Waals surface area contributed by atoms with E-state index in [4.69, 9.17) is 4.98 Å². The van der Waals surface area contributed by atoms with E-state index in [1.165, 1.54) is 0 Å². The van der Waals surface area contributed by atoms with E-state index in [2.05, 4.69) is 35.7 Å². The molecule has 2 unspecified atom stereocenters. The van der Waals surface area contributed by atoms with Crippen LogP contribution in [-0.2, 0) is 6.42 Å². The summed E-state index contributed by atoms with van der Waals surface area (Å²) in [6.07, 6.45) is 15.9. The molecule has 0 bridgehead atoms. The monoisotopic (exact) mass is 422 g/mol. The number of phenols is 1. The third-order valence-corrected chi connectivity index (χ3v) is 5.78. The number of fused-ring (bicyclic) bond motifs is 1. The Labute approximate surface area is 187 Å². The minimum Gasteiger partial charge on any atom is -0.508 e. The zero-order valence-corrected chi connectivity index (χ0v) is 17.6. The maximum absolute atomic E-state index is 13.3. The maximum atomic E-state index is 13.3. The van der Waals surface area contributed by atoms with Crippen LogP contribution in [0.15, 0.2) is 91.2 Å². The Morgan fingerprint density at radius 2 is 1.91 bits per heavy atom. The second-order valence-corrected chi connectivity index (χ2v) is 8.07. The fourth-order valence-electron chi connectivity index (χ4n) is 4.07. The number of nitrogens with zero attached hydrogens (tertiary/aromatic N) is 2. The number of nitrogens with one attached hydrogen (secondary N) is 1. The van der Waals surface area contributed by atoms with Gasteiger partial charge in [-0.05, 0) is 48.2 Å². The van der Waals surface area contributed by atoms with Gasteiger partial charge in [0.2, 0.25) is 0 Å². The number of phenolic OH excluding ortho intramolecular Hbond substituents is 1. The van der Waals surface area contributed by atoms with E-state index in [0.717, 1.165) is 23.2 Å². The molecule has 3 aromatic rings. The molecule has 1 aromatic heterocycles. The number of hydrogen-bond donors (Lipinski definition) is 2. The second kappa shape index (κ2) is 8.63. The van der Waals surface area contributed by atoms with Gasteiger partial charge in [-0.25, -0.2) is 9.78 Å². The fourth-order valence-corrected chi connectivity index (χ4v) is 4.07. The molecule has 158 valence electrons. The molecule has 1 aliphatic heterocycles. The minimum absolute atomic E-state index is 0.00132. The normalized spacial score (nSPS) is 19.3. The first-order valence-electron chi connectivity index (χ1n) is 10.8. The molecule has 2 aliphatic rings. The van der Waals surface area contributed by atoms with Crippen LogP contribution in [0.2, 0.25) is 0 Å². The van der Waals surface area contributed by atoms with Gasteiger partial charge in [0.15, 0.2) is 11.7 Å². The van der Waals surface area contributed by atoms with Crippen LogP contribution in [0, 0.1) is 5.92 Å². The van der Waals surface area contributed by atoms with Gasteiger partial charge in [0.25, 0.3) is 0 Å². The number of carbonyl (C=O) groups is 1. The van der Waals surface area contributed by atoms with Crippen LogP contribution in [0.1, 0.15) is 22.5 Å². The fraction of sp³-hybridized carbons (Fsp3) is 0.148. The highest BCUT2D eigenvalue weighted by Gasteiger charge is 2.40. The highest BCUT2D eigenvalue weighted by Crippen LogP contribution is 2.26. The first kappa shape index (κ1) is 19.9. The molecular formula is C27H24N3O2+. The summed E-state index contributed by atoms with van der Waals surface area (Å²) in [5.41, 5.74) is 3.35. The second-order valence-electron chi connectivity index (χ2n) is 8.07. The van der Waals surface area contributed by atoms with Crippen LogP contribution < -0.4 is 9.88 Å². The Bertz CT molecular complexity index is 1230. The molecule has 0 saturated heterocycles. The van der Waals surface area contributed by atoms with Gasteiger partial charge >= 0.3 is 11.7 Å². The minimum atomic E-state index is -0.348. The average Bonchev–Trinajstić information content (AvgIpc) is 3.14. The SMILES string of the molecule is O=C1C(Cc2ccccc2)Nc2c(C=CC3C=CC=CC3)nc(-c3ccc(O)cc3)c[n+]21. The van der Waals surface area contributed by atoms with Crippen LogP contribution in [-0.4, -0.2) is 22.0 Å². The van der Waals surface area contributed by atoms with Crippen molar-refractivity contribution >= 4 is 17.8 Å². The van der Waals surface area contributed by atoms with Gasteiger partial charge in [0.05, 0.1) is 0 Å². The van der Waals surface area contributed by atoms with Gasteiger partial charge in [-0.3, -0.25) is 5.32 Å². The summed E-state index contributed by atoms with van der Waals surface area (Å²) < 4.78 is 1.68. The smallest absolute Gasteiger partial charge is 0.359 e. The standard InChI is InChI=1S/C27H23N3O2/c31-22-14-12-21(13-15-22)25-18-30-26(23(28-25)16-11-19-7-3-1-4-8-19)29-24(27(30)32)17-20-9-5-2-6-10-20/h1-7,9-16,18-19,24,31H,8,17H2/p+1. The van der Waals surface area contributed by atoms with Gasteiger partial charge in [-0.15, -0.1) is 0 Å². The Balaban J connectivity index is 1.52. The molecule has 5 heteroatoms. The number of allylic oxidation sites excluding steroid dienone is 5. The van der Waals surface area contributed by atoms with Crippen molar-refractivity contribution in [2.24, 2.45) is 5.92 Å². The number of aromatic nitrogens is 2. The lowest BCUT2D eigenvalue weighted by Crippen LogP contribution is -2.44. The number of rotatable bonds is 5. The molecule has 0 amide bonds. The van der Waals surface area contributed by atoms with Crippen LogP contribution in [0.5, 0.6) is 5.75 Å². The zero-order chi connectivity index (χ0) is 21.9. The van der Waals surface area contributed by atoms with Crippen LogP contribution in [0.4, 0.5) is 5.82 Å². The summed E-state index contributed by atoms with van der Waals surface area (Å²) in [7, 11) is 0. The molecular weight excluding hydrogens is 398 g/mol. The summed E-state index contributed by atoms with van der Waals surface area (Å²) in [5, 5.41) is 13.1. The molecule has 0 radical (unpaired) electrons. The van der Waals surface area contributed by atoms with E-state index in [1.807, 2.05) is 36.4 Å². The van der Waals surface area contributed by atoms with Gasteiger partial charge in [-0.1, -0.05) is 60.7 Å². The predicted octanol–water partition coefficient (Wildman–Crippen LogP) is 4.56. The van der Waals surface area contributed by atoms with E-state index in [0.29, 0.717) is 23.9 Å². The van der Waals surface area contributed by atoms with Crippen molar-refractivity contribution in [3.63, 3.8) is 0 Å². The average molecular weight is 423 g/mol. The van der Waals surface area contributed by atoms with E-state index < -0.39 is 0 Å². The third-order valence-electron chi connectivity index (χ3n) is 5.78. The van der Waals surface area contributed by atoms with E-state index in [-0.39, 0.29) is 17.7 Å². The topological polar surface area (TPSA) is 66.1 Å². The zero-order valence-electron chi connectivity index (χ0n) is 17.6. The first-order chi connectivity index (χ1) is 15.7. The summed E-state index contributed by atoms with van der Waals surface area (Å²) in [4.78, 5) is 18.1. The maximum Gasteiger partial charge on any atom is 0.359 e. The Kier molecular flexibility index (Phi) is 5.38. The van der Waals surface area contributed by atoms with Crippen molar-refractivity contribution in [1.29, 1.82) is 0 Å². The quantitative estimate of drug-likeness (QED) is 0.592. The lowest BCUT2D eigenvalue weighted by Gasteiger charge is -2.08. The van der Waals surface area contributed by atoms with E-state index >= 15 is 0 Å². The highest BCUT2D eigenvalue weighted by molar-refractivity contribution is 5.84. The van der Waals surface area contributed by atoms with E-state index in [9.17, 15) is 9.90 Å². The van der Waals surface area contributed by atoms with Crippen molar-refractivity contribution in [3.8, 4) is 17.0 Å². The number of anilines is 1. The van der Waals surface area contributed by atoms with Crippen molar-refractivity contribution < 1.29 is 14.5 Å². The lowest BCUT2D eigenvalue weighted by molar-refractivity contribution is -0.552. The summed E-state index contributed by atoms with van der Waals surface area (Å²) in [6.45, 7) is 0. The van der Waals surface area contributed by atoms with Crippen molar-refractivity contribution in [3.05, 3.63) is 102 Å². The summed E-state index contributed by atoms with van der Waals surface area (Å²) in [5.74, 6) is 1.21. The molecule has 5 nitrogen and oxygen atoms in total. The van der Waals surface area contributed by atoms with Crippen LogP contribution in [0.25, 0.3) is 17.3 Å². The Morgan fingerprint density at radius 1 is 1.09 bits per heavy atom. The summed E-state index contributed by atoms with van der Waals surface area (Å²) in [6, 6.07) is 16.5. The number of hydrogen-bond acceptors (Lipinski definition) is 4. The molecule has 0 saturated carbocycles. The van der Waals surface area contributed by atoms with Gasteiger partial charge in [0.1, 0.15) is 17.6 Å². The van der Waals surface area contributed by atoms with Crippen LogP contribution in [0.3, 0.4) is 0 Å². The van der Waals surface area contributed by atoms with Crippen molar-refractivity contribution in [2.75, 3.05) is 5.32 Å². The Hall–Kier alpha value is -3.99. The molecule has 32 heavy (non-hydrogen) atoms. The molecule has 5 rings (SSSR count). The largest absolute Gasteiger partial charge is 0.508 e. The van der Waals surface area contributed by atoms with Crippen molar-refractivity contribution in [2.45, 2.75) is 18.9 Å². The predicted molar refractivity (Wildman–Crippen MR) is 125 cm³/mol.